The zero-order valence-corrected chi connectivity index (χ0v) is 17.4. The Balaban J connectivity index is 1.52. The lowest BCUT2D eigenvalue weighted by Gasteiger charge is -2.33. The van der Waals surface area contributed by atoms with Crippen molar-refractivity contribution in [2.45, 2.75) is 11.8 Å². The smallest absolute Gasteiger partial charge is 0.350 e. The van der Waals surface area contributed by atoms with Crippen molar-refractivity contribution in [3.63, 3.8) is 0 Å². The molecule has 1 amide bonds. The van der Waals surface area contributed by atoms with Gasteiger partial charge >= 0.3 is 5.97 Å². The summed E-state index contributed by atoms with van der Waals surface area (Å²) in [6.45, 7) is 2.16. The van der Waals surface area contributed by atoms with Crippen molar-refractivity contribution in [3.8, 4) is 0 Å². The Kier molecular flexibility index (Phi) is 6.33. The van der Waals surface area contributed by atoms with Gasteiger partial charge in [0.05, 0.1) is 16.1 Å². The van der Waals surface area contributed by atoms with Gasteiger partial charge in [-0.05, 0) is 31.2 Å². The zero-order chi connectivity index (χ0) is 20.3. The third-order valence-electron chi connectivity index (χ3n) is 4.19. The van der Waals surface area contributed by atoms with E-state index in [0.717, 1.165) is 5.01 Å². The molecule has 1 fully saturated rings. The molecule has 1 saturated heterocycles. The highest BCUT2D eigenvalue weighted by molar-refractivity contribution is 7.89. The molecule has 1 aliphatic heterocycles. The molecule has 0 atom stereocenters. The van der Waals surface area contributed by atoms with Crippen molar-refractivity contribution in [1.82, 2.24) is 14.2 Å². The van der Waals surface area contributed by atoms with Crippen LogP contribution in [-0.4, -0.2) is 67.3 Å². The van der Waals surface area contributed by atoms with Crippen LogP contribution in [-0.2, 0) is 19.6 Å². The highest BCUT2D eigenvalue weighted by atomic mass is 35.5. The molecule has 150 valence electrons. The van der Waals surface area contributed by atoms with Crippen molar-refractivity contribution in [2.75, 3.05) is 32.8 Å². The highest BCUT2D eigenvalue weighted by Crippen LogP contribution is 2.20. The van der Waals surface area contributed by atoms with Crippen LogP contribution in [0.25, 0.3) is 0 Å². The molecule has 2 heterocycles. The van der Waals surface area contributed by atoms with Crippen molar-refractivity contribution in [1.29, 1.82) is 0 Å². The molecule has 8 nitrogen and oxygen atoms in total. The van der Waals surface area contributed by atoms with Crippen molar-refractivity contribution in [2.24, 2.45) is 0 Å². The number of hydrogen-bond acceptors (Lipinski definition) is 7. The summed E-state index contributed by atoms with van der Waals surface area (Å²) < 4.78 is 31.7. The van der Waals surface area contributed by atoms with Gasteiger partial charge in [-0.15, -0.1) is 11.3 Å². The Morgan fingerprint density at radius 1 is 1.18 bits per heavy atom. The number of nitrogens with zero attached hydrogens (tertiary/aromatic N) is 3. The molecule has 0 radical (unpaired) electrons. The fourth-order valence-electron chi connectivity index (χ4n) is 2.68. The molecule has 0 bridgehead atoms. The van der Waals surface area contributed by atoms with E-state index < -0.39 is 16.0 Å². The van der Waals surface area contributed by atoms with Crippen LogP contribution in [0, 0.1) is 6.92 Å². The van der Waals surface area contributed by atoms with Gasteiger partial charge < -0.3 is 9.64 Å². The van der Waals surface area contributed by atoms with E-state index in [0.29, 0.717) is 9.90 Å². The van der Waals surface area contributed by atoms with Crippen molar-refractivity contribution < 1.29 is 22.7 Å². The van der Waals surface area contributed by atoms with Crippen LogP contribution in [0.2, 0.25) is 5.02 Å². The predicted octanol–water partition coefficient (Wildman–Crippen LogP) is 1.79. The minimum absolute atomic E-state index is 0.158. The maximum atomic E-state index is 12.7. The number of benzene rings is 1. The minimum Gasteiger partial charge on any atom is -0.451 e. The average molecular weight is 444 g/mol. The molecule has 0 saturated carbocycles. The van der Waals surface area contributed by atoms with E-state index in [1.807, 2.05) is 0 Å². The Bertz CT molecular complexity index is 967. The standard InChI is InChI=1S/C17H18ClN3O5S2/c1-12-19-10-15(27-12)17(23)26-11-16(22)20-6-8-21(9-7-20)28(24,25)14-4-2-13(18)3-5-14/h2-5,10H,6-9,11H2,1H3. The third-order valence-corrected chi connectivity index (χ3v) is 7.25. The number of aromatic nitrogens is 1. The first-order valence-corrected chi connectivity index (χ1v) is 11.0. The topological polar surface area (TPSA) is 96.9 Å². The number of carbonyl (C=O) groups excluding carboxylic acids is 2. The summed E-state index contributed by atoms with van der Waals surface area (Å²) >= 11 is 7.00. The molecule has 0 spiro atoms. The first-order chi connectivity index (χ1) is 13.3. The molecule has 1 aromatic carbocycles. The van der Waals surface area contributed by atoms with E-state index in [9.17, 15) is 18.0 Å². The second-order valence-corrected chi connectivity index (χ2v) is 9.67. The van der Waals surface area contributed by atoms with E-state index in [-0.39, 0.29) is 43.6 Å². The molecule has 0 aliphatic carbocycles. The van der Waals surface area contributed by atoms with Gasteiger partial charge in [0.15, 0.2) is 6.61 Å². The third kappa shape index (κ3) is 4.69. The molecule has 0 N–H and O–H groups in total. The Hall–Kier alpha value is -2.01. The lowest BCUT2D eigenvalue weighted by molar-refractivity contribution is -0.135. The van der Waals surface area contributed by atoms with Crippen molar-refractivity contribution in [3.05, 3.63) is 45.4 Å². The summed E-state index contributed by atoms with van der Waals surface area (Å²) in [5, 5.41) is 1.19. The lowest BCUT2D eigenvalue weighted by atomic mass is 10.3. The summed E-state index contributed by atoms with van der Waals surface area (Å²) in [6, 6.07) is 5.95. The maximum absolute atomic E-state index is 12.7. The van der Waals surface area contributed by atoms with Crippen LogP contribution in [0.3, 0.4) is 0 Å². The first-order valence-electron chi connectivity index (χ1n) is 8.40. The number of piperazine rings is 1. The lowest BCUT2D eigenvalue weighted by Crippen LogP contribution is -2.51. The summed E-state index contributed by atoms with van der Waals surface area (Å²) in [7, 11) is -3.64. The average Bonchev–Trinajstić information content (AvgIpc) is 3.13. The predicted molar refractivity (Wildman–Crippen MR) is 104 cm³/mol. The molecular weight excluding hydrogens is 426 g/mol. The van der Waals surface area contributed by atoms with Gasteiger partial charge in [0.25, 0.3) is 5.91 Å². The van der Waals surface area contributed by atoms with Gasteiger partial charge in [0, 0.05) is 31.2 Å². The van der Waals surface area contributed by atoms with Crippen LogP contribution in [0.4, 0.5) is 0 Å². The number of halogens is 1. The fourth-order valence-corrected chi connectivity index (χ4v) is 4.90. The molecule has 28 heavy (non-hydrogen) atoms. The molecule has 0 unspecified atom stereocenters. The number of sulfonamides is 1. The Morgan fingerprint density at radius 2 is 1.82 bits per heavy atom. The number of esters is 1. The normalized spacial score (nSPS) is 15.4. The summed E-state index contributed by atoms with van der Waals surface area (Å²) in [4.78, 5) is 30.1. The van der Waals surface area contributed by atoms with Gasteiger partial charge in [-0.3, -0.25) is 4.79 Å². The van der Waals surface area contributed by atoms with Gasteiger partial charge in [-0.2, -0.15) is 4.31 Å². The molecule has 2 aromatic rings. The number of carbonyl (C=O) groups is 2. The van der Waals surface area contributed by atoms with Crippen LogP contribution < -0.4 is 0 Å². The van der Waals surface area contributed by atoms with E-state index in [1.165, 1.54) is 51.0 Å². The number of amides is 1. The largest absolute Gasteiger partial charge is 0.451 e. The van der Waals surface area contributed by atoms with Gasteiger partial charge in [-0.1, -0.05) is 11.6 Å². The Morgan fingerprint density at radius 3 is 2.39 bits per heavy atom. The fraction of sp³-hybridized carbons (Fsp3) is 0.353. The van der Waals surface area contributed by atoms with Crippen LogP contribution >= 0.6 is 22.9 Å². The molecule has 1 aliphatic rings. The van der Waals surface area contributed by atoms with E-state index in [4.69, 9.17) is 16.3 Å². The first kappa shape index (κ1) is 20.7. The van der Waals surface area contributed by atoms with Crippen LogP contribution in [0.15, 0.2) is 35.4 Å². The quantitative estimate of drug-likeness (QED) is 0.653. The molecule has 3 rings (SSSR count). The van der Waals surface area contributed by atoms with Crippen LogP contribution in [0.5, 0.6) is 0 Å². The SMILES string of the molecule is Cc1ncc(C(=O)OCC(=O)N2CCN(S(=O)(=O)c3ccc(Cl)cc3)CC2)s1. The summed E-state index contributed by atoms with van der Waals surface area (Å²) in [5.41, 5.74) is 0. The number of aryl methyl sites for hydroxylation is 1. The minimum atomic E-state index is -3.64. The Labute approximate surface area is 171 Å². The molecule has 11 heteroatoms. The van der Waals surface area contributed by atoms with E-state index >= 15 is 0 Å². The monoisotopic (exact) mass is 443 g/mol. The van der Waals surface area contributed by atoms with Crippen LogP contribution in [0.1, 0.15) is 14.7 Å². The van der Waals surface area contributed by atoms with Gasteiger partial charge in [-0.25, -0.2) is 18.2 Å². The second kappa shape index (κ2) is 8.56. The number of hydrogen-bond donors (Lipinski definition) is 0. The van der Waals surface area contributed by atoms with Crippen molar-refractivity contribution >= 4 is 44.8 Å². The number of rotatable bonds is 5. The summed E-state index contributed by atoms with van der Waals surface area (Å²) in [5.74, 6) is -0.957. The summed E-state index contributed by atoms with van der Waals surface area (Å²) in [6.07, 6.45) is 1.41. The highest BCUT2D eigenvalue weighted by Gasteiger charge is 2.30. The molecular formula is C17H18ClN3O5S2. The molecule has 1 aromatic heterocycles. The number of thiazole rings is 1. The zero-order valence-electron chi connectivity index (χ0n) is 15.0. The van der Waals surface area contributed by atoms with Gasteiger partial charge in [0.2, 0.25) is 10.0 Å². The van der Waals surface area contributed by atoms with Gasteiger partial charge in [0.1, 0.15) is 4.88 Å². The number of ether oxygens (including phenoxy) is 1. The van der Waals surface area contributed by atoms with E-state index in [2.05, 4.69) is 4.98 Å². The maximum Gasteiger partial charge on any atom is 0.350 e. The van der Waals surface area contributed by atoms with E-state index in [1.54, 1.807) is 6.92 Å². The second-order valence-electron chi connectivity index (χ2n) is 6.06.